The minimum atomic E-state index is 0.550. The molecule has 0 radical (unpaired) electrons. The lowest BCUT2D eigenvalue weighted by Crippen LogP contribution is -2.06. The van der Waals surface area contributed by atoms with Crippen LogP contribution in [0.3, 0.4) is 0 Å². The van der Waals surface area contributed by atoms with Crippen molar-refractivity contribution in [3.8, 4) is 34.4 Å². The molecule has 0 bridgehead atoms. The van der Waals surface area contributed by atoms with Gasteiger partial charge < -0.3 is 8.98 Å². The molecule has 51 heavy (non-hydrogen) atoms. The van der Waals surface area contributed by atoms with Gasteiger partial charge in [-0.15, -0.1) is 0 Å². The summed E-state index contributed by atoms with van der Waals surface area (Å²) in [6.07, 6.45) is 0. The summed E-state index contributed by atoms with van der Waals surface area (Å²) in [5.74, 6) is 1.73. The van der Waals surface area contributed by atoms with Crippen LogP contribution in [0, 0.1) is 0 Å². The SMILES string of the molecule is c1ccc(-c2nc(-c3ccc4c(c3)oc3ccccc34)nc(-n3c4ccccc4c4ccc(-n5c6ccccc6c6ccccc65)cc43)n2)cc1. The number of nitrogens with zero attached hydrogens (tertiary/aromatic N) is 5. The fourth-order valence-electron chi connectivity index (χ4n) is 7.69. The van der Waals surface area contributed by atoms with Gasteiger partial charge >= 0.3 is 0 Å². The molecule has 0 unspecified atom stereocenters. The number of hydrogen-bond donors (Lipinski definition) is 0. The number of rotatable bonds is 4. The monoisotopic (exact) mass is 653 g/mol. The second kappa shape index (κ2) is 10.7. The van der Waals surface area contributed by atoms with Gasteiger partial charge in [0.05, 0.1) is 22.1 Å². The maximum atomic E-state index is 6.28. The molecule has 0 saturated carbocycles. The summed E-state index contributed by atoms with van der Waals surface area (Å²) in [5.41, 5.74) is 8.85. The zero-order chi connectivity index (χ0) is 33.5. The Morgan fingerprint density at radius 2 is 0.882 bits per heavy atom. The first-order chi connectivity index (χ1) is 25.3. The molecular formula is C45H27N5O. The second-order valence-corrected chi connectivity index (χ2v) is 12.9. The van der Waals surface area contributed by atoms with Crippen LogP contribution in [0.25, 0.3) is 100.0 Å². The molecule has 0 N–H and O–H groups in total. The maximum absolute atomic E-state index is 6.28. The molecule has 4 aromatic heterocycles. The summed E-state index contributed by atoms with van der Waals surface area (Å²) < 4.78 is 10.8. The van der Waals surface area contributed by atoms with E-state index in [1.54, 1.807) is 0 Å². The predicted octanol–water partition coefficient (Wildman–Crippen LogP) is 11.3. The minimum Gasteiger partial charge on any atom is -0.456 e. The van der Waals surface area contributed by atoms with Gasteiger partial charge in [0.15, 0.2) is 11.6 Å². The number of para-hydroxylation sites is 4. The van der Waals surface area contributed by atoms with Crippen LogP contribution >= 0.6 is 0 Å². The van der Waals surface area contributed by atoms with Crippen molar-refractivity contribution in [1.82, 2.24) is 24.1 Å². The zero-order valence-electron chi connectivity index (χ0n) is 27.2. The van der Waals surface area contributed by atoms with E-state index in [9.17, 15) is 0 Å². The highest BCUT2D eigenvalue weighted by atomic mass is 16.3. The first-order valence-electron chi connectivity index (χ1n) is 17.0. The Morgan fingerprint density at radius 1 is 0.353 bits per heavy atom. The van der Waals surface area contributed by atoms with Crippen molar-refractivity contribution < 1.29 is 4.42 Å². The van der Waals surface area contributed by atoms with Crippen LogP contribution < -0.4 is 0 Å². The van der Waals surface area contributed by atoms with E-state index in [-0.39, 0.29) is 0 Å². The Morgan fingerprint density at radius 3 is 1.59 bits per heavy atom. The lowest BCUT2D eigenvalue weighted by Gasteiger charge is -2.12. The van der Waals surface area contributed by atoms with E-state index in [0.717, 1.165) is 71.6 Å². The van der Waals surface area contributed by atoms with Gasteiger partial charge in [0.1, 0.15) is 11.2 Å². The van der Waals surface area contributed by atoms with Crippen LogP contribution in [0.2, 0.25) is 0 Å². The third kappa shape index (κ3) is 4.20. The fraction of sp³-hybridized carbons (Fsp3) is 0. The van der Waals surface area contributed by atoms with Crippen LogP contribution in [0.5, 0.6) is 0 Å². The molecule has 238 valence electrons. The summed E-state index contributed by atoms with van der Waals surface area (Å²) >= 11 is 0. The molecule has 4 heterocycles. The Hall–Kier alpha value is -7.05. The molecule has 0 atom stereocenters. The molecule has 0 aliphatic heterocycles. The summed E-state index contributed by atoms with van der Waals surface area (Å²) in [7, 11) is 0. The quantitative estimate of drug-likeness (QED) is 0.190. The van der Waals surface area contributed by atoms with Crippen LogP contribution in [-0.4, -0.2) is 24.1 Å². The van der Waals surface area contributed by atoms with Gasteiger partial charge in [0, 0.05) is 49.1 Å². The van der Waals surface area contributed by atoms with E-state index in [1.807, 2.05) is 54.6 Å². The molecule has 6 heteroatoms. The smallest absolute Gasteiger partial charge is 0.238 e. The molecule has 11 rings (SSSR count). The molecule has 6 nitrogen and oxygen atoms in total. The van der Waals surface area contributed by atoms with Crippen LogP contribution in [0.1, 0.15) is 0 Å². The van der Waals surface area contributed by atoms with Crippen molar-refractivity contribution in [2.24, 2.45) is 0 Å². The summed E-state index contributed by atoms with van der Waals surface area (Å²) in [6, 6.07) is 56.8. The normalized spacial score (nSPS) is 11.9. The average molecular weight is 654 g/mol. The van der Waals surface area contributed by atoms with Crippen LogP contribution in [0.4, 0.5) is 0 Å². The van der Waals surface area contributed by atoms with Crippen molar-refractivity contribution in [1.29, 1.82) is 0 Å². The van der Waals surface area contributed by atoms with Gasteiger partial charge in [-0.3, -0.25) is 4.57 Å². The van der Waals surface area contributed by atoms with Crippen molar-refractivity contribution in [2.75, 3.05) is 0 Å². The molecule has 0 saturated heterocycles. The van der Waals surface area contributed by atoms with E-state index in [0.29, 0.717) is 17.6 Å². The third-order valence-electron chi connectivity index (χ3n) is 9.99. The van der Waals surface area contributed by atoms with Crippen LogP contribution in [-0.2, 0) is 0 Å². The molecular weight excluding hydrogens is 627 g/mol. The van der Waals surface area contributed by atoms with Crippen LogP contribution in [0.15, 0.2) is 168 Å². The van der Waals surface area contributed by atoms with Gasteiger partial charge in [0.2, 0.25) is 5.95 Å². The number of furan rings is 1. The van der Waals surface area contributed by atoms with Gasteiger partial charge in [-0.05, 0) is 48.5 Å². The first-order valence-corrected chi connectivity index (χ1v) is 17.0. The van der Waals surface area contributed by atoms with E-state index in [1.165, 1.54) is 10.8 Å². The van der Waals surface area contributed by atoms with E-state index < -0.39 is 0 Å². The molecule has 7 aromatic carbocycles. The van der Waals surface area contributed by atoms with E-state index in [2.05, 4.69) is 118 Å². The standard InChI is InChI=1S/C45H27N5O/c1-2-12-28(13-3-1)43-46-44(29-22-24-36-35-17-7-11-21-41(35)51-42(36)26-29)48-45(47-43)50-39-20-10-6-16-33(39)34-25-23-30(27-40(34)50)49-37-18-8-4-14-31(37)32-15-5-9-19-38(32)49/h1-27H. The average Bonchev–Trinajstić information content (AvgIpc) is 3.85. The second-order valence-electron chi connectivity index (χ2n) is 12.9. The highest BCUT2D eigenvalue weighted by Gasteiger charge is 2.20. The number of fused-ring (bicyclic) bond motifs is 9. The Balaban J connectivity index is 1.19. The largest absolute Gasteiger partial charge is 0.456 e. The number of benzene rings is 7. The van der Waals surface area contributed by atoms with Gasteiger partial charge in [-0.25, -0.2) is 4.98 Å². The van der Waals surface area contributed by atoms with Crippen molar-refractivity contribution in [2.45, 2.75) is 0 Å². The lowest BCUT2D eigenvalue weighted by atomic mass is 10.1. The predicted molar refractivity (Wildman–Crippen MR) is 207 cm³/mol. The van der Waals surface area contributed by atoms with Gasteiger partial charge in [0.25, 0.3) is 0 Å². The Bertz CT molecular complexity index is 3100. The highest BCUT2D eigenvalue weighted by Crippen LogP contribution is 2.37. The summed E-state index contributed by atoms with van der Waals surface area (Å²) in [6.45, 7) is 0. The Labute approximate surface area is 291 Å². The van der Waals surface area contributed by atoms with E-state index >= 15 is 0 Å². The molecule has 0 aliphatic carbocycles. The van der Waals surface area contributed by atoms with Crippen molar-refractivity contribution >= 4 is 65.6 Å². The van der Waals surface area contributed by atoms with Crippen molar-refractivity contribution in [3.63, 3.8) is 0 Å². The Kier molecular flexibility index (Phi) is 5.86. The molecule has 0 fully saturated rings. The van der Waals surface area contributed by atoms with E-state index in [4.69, 9.17) is 19.4 Å². The first kappa shape index (κ1) is 27.9. The zero-order valence-corrected chi connectivity index (χ0v) is 27.2. The summed E-state index contributed by atoms with van der Waals surface area (Å²) in [5, 5.41) is 6.86. The third-order valence-corrected chi connectivity index (χ3v) is 9.99. The molecule has 11 aromatic rings. The topological polar surface area (TPSA) is 61.7 Å². The molecule has 0 spiro atoms. The molecule has 0 amide bonds. The minimum absolute atomic E-state index is 0.550. The van der Waals surface area contributed by atoms with Gasteiger partial charge in [-0.1, -0.05) is 115 Å². The molecule has 0 aliphatic rings. The van der Waals surface area contributed by atoms with Crippen molar-refractivity contribution in [3.05, 3.63) is 164 Å². The maximum Gasteiger partial charge on any atom is 0.238 e. The number of aromatic nitrogens is 5. The summed E-state index contributed by atoms with van der Waals surface area (Å²) in [4.78, 5) is 15.4. The van der Waals surface area contributed by atoms with Gasteiger partial charge in [-0.2, -0.15) is 9.97 Å². The fourth-order valence-corrected chi connectivity index (χ4v) is 7.69. The number of hydrogen-bond acceptors (Lipinski definition) is 4. The lowest BCUT2D eigenvalue weighted by molar-refractivity contribution is 0.669. The highest BCUT2D eigenvalue weighted by molar-refractivity contribution is 6.12.